The van der Waals surface area contributed by atoms with Crippen LogP contribution in [0.25, 0.3) is 0 Å². The third-order valence-electron chi connectivity index (χ3n) is 2.46. The summed E-state index contributed by atoms with van der Waals surface area (Å²) in [6.07, 6.45) is -4.04. The summed E-state index contributed by atoms with van der Waals surface area (Å²) in [5.74, 6) is -1.35. The minimum Gasteiger partial charge on any atom is -0.352 e. The molecule has 0 radical (unpaired) electrons. The van der Waals surface area contributed by atoms with Crippen LogP contribution in [0.5, 0.6) is 0 Å². The quantitative estimate of drug-likeness (QED) is 0.811. The zero-order valence-electron chi connectivity index (χ0n) is 10.1. The maximum atomic E-state index is 12.8. The Morgan fingerprint density at radius 2 is 2.00 bits per heavy atom. The van der Waals surface area contributed by atoms with E-state index in [2.05, 4.69) is 5.32 Å². The Morgan fingerprint density at radius 3 is 2.58 bits per heavy atom. The lowest BCUT2D eigenvalue weighted by Gasteiger charge is -2.13. The second-order valence-corrected chi connectivity index (χ2v) is 3.97. The first-order valence-corrected chi connectivity index (χ1v) is 5.67. The van der Waals surface area contributed by atoms with E-state index < -0.39 is 17.6 Å². The zero-order chi connectivity index (χ0) is 14.5. The third kappa shape index (κ3) is 4.86. The van der Waals surface area contributed by atoms with Gasteiger partial charge in [-0.05, 0) is 30.7 Å². The number of hydrogen-bond donors (Lipinski definition) is 2. The number of halogens is 4. The molecule has 0 heterocycles. The van der Waals surface area contributed by atoms with Crippen molar-refractivity contribution in [3.8, 4) is 0 Å². The second-order valence-electron chi connectivity index (χ2n) is 3.97. The van der Waals surface area contributed by atoms with Crippen molar-refractivity contribution >= 4 is 5.91 Å². The number of alkyl halides is 3. The van der Waals surface area contributed by atoms with Crippen LogP contribution in [-0.4, -0.2) is 12.5 Å². The minimum atomic E-state index is -4.65. The molecule has 1 rings (SSSR count). The molecule has 0 atom stereocenters. The van der Waals surface area contributed by atoms with Crippen LogP contribution in [0.4, 0.5) is 17.6 Å². The standard InChI is InChI=1S/C12H14F4N2O/c13-9-4-3-8(10(6-9)12(14,15)16)7-18-11(19)2-1-5-17/h3-4,6H,1-2,5,7,17H2,(H,18,19). The van der Waals surface area contributed by atoms with Crippen molar-refractivity contribution in [3.05, 3.63) is 35.1 Å². The lowest BCUT2D eigenvalue weighted by molar-refractivity contribution is -0.138. The molecule has 3 nitrogen and oxygen atoms in total. The van der Waals surface area contributed by atoms with E-state index in [1.165, 1.54) is 0 Å². The molecule has 106 valence electrons. The van der Waals surface area contributed by atoms with Gasteiger partial charge in [-0.25, -0.2) is 4.39 Å². The molecule has 19 heavy (non-hydrogen) atoms. The fourth-order valence-electron chi connectivity index (χ4n) is 1.51. The van der Waals surface area contributed by atoms with Crippen LogP contribution in [0.15, 0.2) is 18.2 Å². The highest BCUT2D eigenvalue weighted by atomic mass is 19.4. The highest BCUT2D eigenvalue weighted by molar-refractivity contribution is 5.75. The fourth-order valence-corrected chi connectivity index (χ4v) is 1.51. The van der Waals surface area contributed by atoms with Crippen LogP contribution < -0.4 is 11.1 Å². The van der Waals surface area contributed by atoms with Gasteiger partial charge in [-0.1, -0.05) is 6.07 Å². The lowest BCUT2D eigenvalue weighted by atomic mass is 10.1. The van der Waals surface area contributed by atoms with E-state index in [1.54, 1.807) is 0 Å². The molecule has 0 aromatic heterocycles. The van der Waals surface area contributed by atoms with Crippen molar-refractivity contribution in [2.45, 2.75) is 25.6 Å². The van der Waals surface area contributed by atoms with E-state index in [-0.39, 0.29) is 24.4 Å². The molecule has 0 saturated carbocycles. The van der Waals surface area contributed by atoms with Gasteiger partial charge >= 0.3 is 6.18 Å². The number of carbonyl (C=O) groups is 1. The maximum Gasteiger partial charge on any atom is 0.416 e. The molecule has 0 saturated heterocycles. The monoisotopic (exact) mass is 278 g/mol. The molecular weight excluding hydrogens is 264 g/mol. The van der Waals surface area contributed by atoms with Crippen LogP contribution in [0.3, 0.4) is 0 Å². The van der Waals surface area contributed by atoms with Crippen molar-refractivity contribution in [1.82, 2.24) is 5.32 Å². The molecule has 0 fully saturated rings. The molecular formula is C12H14F4N2O. The molecule has 0 aliphatic carbocycles. The predicted octanol–water partition coefficient (Wildman–Crippen LogP) is 2.20. The molecule has 0 bridgehead atoms. The number of nitrogens with one attached hydrogen (secondary N) is 1. The van der Waals surface area contributed by atoms with Crippen LogP contribution in [0.1, 0.15) is 24.0 Å². The Kier molecular flexibility index (Phi) is 5.29. The van der Waals surface area contributed by atoms with Gasteiger partial charge in [0.1, 0.15) is 5.82 Å². The molecule has 0 aliphatic rings. The minimum absolute atomic E-state index is 0.152. The summed E-state index contributed by atoms with van der Waals surface area (Å²) in [5.41, 5.74) is 3.96. The summed E-state index contributed by atoms with van der Waals surface area (Å²) in [7, 11) is 0. The normalized spacial score (nSPS) is 11.4. The number of nitrogens with two attached hydrogens (primary N) is 1. The van der Waals surface area contributed by atoms with E-state index >= 15 is 0 Å². The number of amides is 1. The van der Waals surface area contributed by atoms with E-state index in [4.69, 9.17) is 5.73 Å². The summed E-state index contributed by atoms with van der Waals surface area (Å²) in [6, 6.07) is 2.36. The highest BCUT2D eigenvalue weighted by Gasteiger charge is 2.33. The molecule has 3 N–H and O–H groups in total. The van der Waals surface area contributed by atoms with Gasteiger partial charge in [-0.3, -0.25) is 4.79 Å². The smallest absolute Gasteiger partial charge is 0.352 e. The molecule has 1 aromatic rings. The van der Waals surface area contributed by atoms with Crippen molar-refractivity contribution in [2.75, 3.05) is 6.54 Å². The van der Waals surface area contributed by atoms with Crippen LogP contribution in [0, 0.1) is 5.82 Å². The average Bonchev–Trinajstić information content (AvgIpc) is 2.33. The first kappa shape index (κ1) is 15.4. The Labute approximate surface area is 107 Å². The summed E-state index contributed by atoms with van der Waals surface area (Å²) < 4.78 is 50.8. The van der Waals surface area contributed by atoms with Gasteiger partial charge in [-0.15, -0.1) is 0 Å². The summed E-state index contributed by atoms with van der Waals surface area (Å²) in [4.78, 5) is 11.3. The molecule has 7 heteroatoms. The maximum absolute atomic E-state index is 12.8. The second kappa shape index (κ2) is 6.51. The largest absolute Gasteiger partial charge is 0.416 e. The van der Waals surface area contributed by atoms with Crippen LogP contribution >= 0.6 is 0 Å². The number of hydrogen-bond acceptors (Lipinski definition) is 2. The highest BCUT2D eigenvalue weighted by Crippen LogP contribution is 2.32. The number of benzene rings is 1. The Morgan fingerprint density at radius 1 is 1.32 bits per heavy atom. The number of rotatable bonds is 5. The van der Waals surface area contributed by atoms with Crippen molar-refractivity contribution < 1.29 is 22.4 Å². The van der Waals surface area contributed by atoms with Crippen LogP contribution in [-0.2, 0) is 17.5 Å². The zero-order valence-corrected chi connectivity index (χ0v) is 10.1. The molecule has 0 unspecified atom stereocenters. The van der Waals surface area contributed by atoms with Crippen molar-refractivity contribution in [3.63, 3.8) is 0 Å². The van der Waals surface area contributed by atoms with Gasteiger partial charge in [0.15, 0.2) is 0 Å². The van der Waals surface area contributed by atoms with Gasteiger partial charge in [0.05, 0.1) is 5.56 Å². The van der Waals surface area contributed by atoms with E-state index in [0.29, 0.717) is 19.0 Å². The van der Waals surface area contributed by atoms with Gasteiger partial charge in [0, 0.05) is 13.0 Å². The van der Waals surface area contributed by atoms with E-state index in [9.17, 15) is 22.4 Å². The predicted molar refractivity (Wildman–Crippen MR) is 61.5 cm³/mol. The third-order valence-corrected chi connectivity index (χ3v) is 2.46. The molecule has 0 spiro atoms. The topological polar surface area (TPSA) is 55.1 Å². The Hall–Kier alpha value is -1.63. The molecule has 1 amide bonds. The number of carbonyl (C=O) groups excluding carboxylic acids is 1. The van der Waals surface area contributed by atoms with Crippen molar-refractivity contribution in [2.24, 2.45) is 5.73 Å². The SMILES string of the molecule is NCCCC(=O)NCc1ccc(F)cc1C(F)(F)F. The fraction of sp³-hybridized carbons (Fsp3) is 0.417. The van der Waals surface area contributed by atoms with Crippen LogP contribution in [0.2, 0.25) is 0 Å². The summed E-state index contributed by atoms with van der Waals surface area (Å²) >= 11 is 0. The summed E-state index contributed by atoms with van der Waals surface area (Å²) in [5, 5.41) is 2.35. The summed E-state index contributed by atoms with van der Waals surface area (Å²) in [6.45, 7) is 0.0380. The Bertz CT molecular complexity index is 446. The lowest BCUT2D eigenvalue weighted by Crippen LogP contribution is -2.25. The van der Waals surface area contributed by atoms with Gasteiger partial charge in [-0.2, -0.15) is 13.2 Å². The first-order chi connectivity index (χ1) is 8.84. The Balaban J connectivity index is 2.76. The first-order valence-electron chi connectivity index (χ1n) is 5.67. The van der Waals surface area contributed by atoms with Gasteiger partial charge in [0.25, 0.3) is 0 Å². The molecule has 0 aliphatic heterocycles. The average molecular weight is 278 g/mol. The van der Waals surface area contributed by atoms with E-state index in [0.717, 1.165) is 12.1 Å². The van der Waals surface area contributed by atoms with Gasteiger partial charge in [0.2, 0.25) is 5.91 Å². The molecule has 1 aromatic carbocycles. The van der Waals surface area contributed by atoms with E-state index in [1.807, 2.05) is 0 Å². The van der Waals surface area contributed by atoms with Crippen molar-refractivity contribution in [1.29, 1.82) is 0 Å². The van der Waals surface area contributed by atoms with Gasteiger partial charge < -0.3 is 11.1 Å².